The monoisotopic (exact) mass is 221 g/mol. The molecule has 4 nitrogen and oxygen atoms in total. The number of sulfone groups is 1. The van der Waals surface area contributed by atoms with E-state index in [2.05, 4.69) is 4.99 Å². The molecule has 0 saturated carbocycles. The Morgan fingerprint density at radius 1 is 1.36 bits per heavy atom. The number of aliphatic imine (C=N–C) groups is 1. The maximum atomic E-state index is 11.2. The Morgan fingerprint density at radius 3 is 2.21 bits per heavy atom. The van der Waals surface area contributed by atoms with Gasteiger partial charge in [0.1, 0.15) is 0 Å². The third-order valence-corrected chi connectivity index (χ3v) is 3.66. The molecule has 0 radical (unpaired) electrons. The molecule has 14 heavy (non-hydrogen) atoms. The van der Waals surface area contributed by atoms with Crippen molar-refractivity contribution in [2.24, 2.45) is 4.99 Å². The fraction of sp³-hybridized carbons (Fsp3) is 0.889. The zero-order chi connectivity index (χ0) is 11.4. The van der Waals surface area contributed by atoms with Crippen LogP contribution >= 0.6 is 0 Å². The van der Waals surface area contributed by atoms with Gasteiger partial charge in [0.05, 0.1) is 5.75 Å². The molecule has 0 amide bonds. The van der Waals surface area contributed by atoms with Crippen molar-refractivity contribution in [3.63, 3.8) is 0 Å². The van der Waals surface area contributed by atoms with Gasteiger partial charge >= 0.3 is 0 Å². The van der Waals surface area contributed by atoms with E-state index in [1.807, 2.05) is 20.8 Å². The Kier molecular flexibility index (Phi) is 5.29. The molecule has 5 heteroatoms. The van der Waals surface area contributed by atoms with Crippen LogP contribution in [0, 0.1) is 0 Å². The molecule has 0 spiro atoms. The van der Waals surface area contributed by atoms with Gasteiger partial charge in [-0.2, -0.15) is 0 Å². The summed E-state index contributed by atoms with van der Waals surface area (Å²) in [4.78, 5) is 4.21. The molecule has 0 aliphatic carbocycles. The molecule has 84 valence electrons. The molecule has 0 fully saturated rings. The van der Waals surface area contributed by atoms with Gasteiger partial charge < -0.3 is 5.11 Å². The first kappa shape index (κ1) is 13.6. The summed E-state index contributed by atoms with van der Waals surface area (Å²) >= 11 is 0. The molecule has 1 N–H and O–H groups in total. The lowest BCUT2D eigenvalue weighted by Crippen LogP contribution is -2.22. The second-order valence-corrected chi connectivity index (χ2v) is 6.10. The maximum Gasteiger partial charge on any atom is 0.176 e. The predicted octanol–water partition coefficient (Wildman–Crippen LogP) is 0.999. The molecule has 0 bridgehead atoms. The van der Waals surface area contributed by atoms with Crippen LogP contribution < -0.4 is 0 Å². The average Bonchev–Trinajstić information content (AvgIpc) is 1.99. The quantitative estimate of drug-likeness (QED) is 0.704. The van der Waals surface area contributed by atoms with Crippen molar-refractivity contribution in [2.75, 3.05) is 5.75 Å². The van der Waals surface area contributed by atoms with Crippen molar-refractivity contribution in [3.8, 4) is 0 Å². The fourth-order valence-corrected chi connectivity index (χ4v) is 2.02. The largest absolute Gasteiger partial charge is 0.377 e. The highest BCUT2D eigenvalue weighted by molar-refractivity contribution is 7.91. The van der Waals surface area contributed by atoms with Crippen LogP contribution in [0.25, 0.3) is 0 Å². The van der Waals surface area contributed by atoms with Crippen LogP contribution in [0.3, 0.4) is 0 Å². The van der Waals surface area contributed by atoms with Crippen molar-refractivity contribution < 1.29 is 13.5 Å². The Labute approximate surface area is 86.0 Å². The van der Waals surface area contributed by atoms with E-state index in [0.29, 0.717) is 6.42 Å². The van der Waals surface area contributed by atoms with E-state index in [1.54, 1.807) is 0 Å². The van der Waals surface area contributed by atoms with Crippen LogP contribution in [0.15, 0.2) is 4.99 Å². The summed E-state index contributed by atoms with van der Waals surface area (Å²) in [5, 5.41) is 8.95. The van der Waals surface area contributed by atoms with Crippen LogP contribution in [-0.2, 0) is 9.84 Å². The SMILES string of the molecule is CC(C)=NC(C)CCS(=O)(=O)C(C)O. The summed E-state index contributed by atoms with van der Waals surface area (Å²) in [7, 11) is -3.34. The number of rotatable bonds is 5. The van der Waals surface area contributed by atoms with Gasteiger partial charge in [-0.3, -0.25) is 4.99 Å². The first-order chi connectivity index (χ1) is 6.25. The molecule has 0 rings (SSSR count). The second kappa shape index (κ2) is 5.46. The van der Waals surface area contributed by atoms with Crippen molar-refractivity contribution in [1.29, 1.82) is 0 Å². The zero-order valence-corrected chi connectivity index (χ0v) is 10.0. The number of nitrogens with zero attached hydrogens (tertiary/aromatic N) is 1. The summed E-state index contributed by atoms with van der Waals surface area (Å²) in [5.41, 5.74) is -0.339. The van der Waals surface area contributed by atoms with Gasteiger partial charge in [0.2, 0.25) is 0 Å². The smallest absolute Gasteiger partial charge is 0.176 e. The lowest BCUT2D eigenvalue weighted by atomic mass is 10.3. The molecule has 2 atom stereocenters. The van der Waals surface area contributed by atoms with Crippen LogP contribution in [0.4, 0.5) is 0 Å². The first-order valence-electron chi connectivity index (χ1n) is 4.66. The predicted molar refractivity (Wildman–Crippen MR) is 58.3 cm³/mol. The van der Waals surface area contributed by atoms with Gasteiger partial charge in [0, 0.05) is 11.8 Å². The van der Waals surface area contributed by atoms with Crippen molar-refractivity contribution in [3.05, 3.63) is 0 Å². The minimum atomic E-state index is -3.34. The van der Waals surface area contributed by atoms with Crippen LogP contribution in [0.1, 0.15) is 34.1 Å². The molecule has 0 aromatic heterocycles. The van der Waals surface area contributed by atoms with Gasteiger partial charge in [0.15, 0.2) is 15.3 Å². The van der Waals surface area contributed by atoms with E-state index in [1.165, 1.54) is 6.92 Å². The zero-order valence-electron chi connectivity index (χ0n) is 9.19. The van der Waals surface area contributed by atoms with Crippen LogP contribution in [-0.4, -0.2) is 36.5 Å². The third-order valence-electron chi connectivity index (χ3n) is 1.82. The molecular weight excluding hydrogens is 202 g/mol. The molecule has 0 aliphatic heterocycles. The molecule has 0 aromatic rings. The standard InChI is InChI=1S/C9H19NO3S/c1-7(2)10-8(3)5-6-14(12,13)9(4)11/h8-9,11H,5-6H2,1-4H3. The molecule has 0 aliphatic rings. The number of aliphatic hydroxyl groups excluding tert-OH is 1. The van der Waals surface area contributed by atoms with E-state index in [4.69, 9.17) is 5.11 Å². The summed E-state index contributed by atoms with van der Waals surface area (Å²) < 4.78 is 22.4. The van der Waals surface area contributed by atoms with E-state index in [9.17, 15) is 8.42 Å². The lowest BCUT2D eigenvalue weighted by molar-refractivity contribution is 0.268. The molecule has 2 unspecified atom stereocenters. The molecule has 0 aromatic carbocycles. The minimum absolute atomic E-state index is 0.00600. The highest BCUT2D eigenvalue weighted by atomic mass is 32.2. The number of aliphatic hydroxyl groups is 1. The van der Waals surface area contributed by atoms with Gasteiger partial charge in [0.25, 0.3) is 0 Å². The molecule has 0 heterocycles. The lowest BCUT2D eigenvalue weighted by Gasteiger charge is -2.09. The van der Waals surface area contributed by atoms with Gasteiger partial charge in [-0.05, 0) is 34.1 Å². The third kappa shape index (κ3) is 5.34. The number of hydrogen-bond acceptors (Lipinski definition) is 4. The Hall–Kier alpha value is -0.420. The van der Waals surface area contributed by atoms with Crippen molar-refractivity contribution in [1.82, 2.24) is 0 Å². The highest BCUT2D eigenvalue weighted by Crippen LogP contribution is 2.05. The van der Waals surface area contributed by atoms with E-state index in [0.717, 1.165) is 5.71 Å². The van der Waals surface area contributed by atoms with Crippen LogP contribution in [0.2, 0.25) is 0 Å². The summed E-state index contributed by atoms with van der Waals surface area (Å²) in [6.07, 6.45) is 0.457. The molecular formula is C9H19NO3S. The Balaban J connectivity index is 4.14. The summed E-state index contributed by atoms with van der Waals surface area (Å²) in [6.45, 7) is 6.89. The normalized spacial score (nSPS) is 16.1. The van der Waals surface area contributed by atoms with Gasteiger partial charge in [-0.25, -0.2) is 8.42 Å². The molecule has 0 saturated heterocycles. The Bertz CT molecular complexity index is 289. The number of hydrogen-bond donors (Lipinski definition) is 1. The van der Waals surface area contributed by atoms with Crippen molar-refractivity contribution in [2.45, 2.75) is 45.6 Å². The highest BCUT2D eigenvalue weighted by Gasteiger charge is 2.18. The van der Waals surface area contributed by atoms with Crippen LogP contribution in [0.5, 0.6) is 0 Å². The maximum absolute atomic E-state index is 11.2. The summed E-state index contributed by atoms with van der Waals surface area (Å²) in [6, 6.07) is -0.00600. The minimum Gasteiger partial charge on any atom is -0.377 e. The average molecular weight is 221 g/mol. The van der Waals surface area contributed by atoms with Crippen molar-refractivity contribution >= 4 is 15.5 Å². The first-order valence-corrected chi connectivity index (χ1v) is 6.38. The van der Waals surface area contributed by atoms with Gasteiger partial charge in [-0.1, -0.05) is 0 Å². The fourth-order valence-electron chi connectivity index (χ4n) is 1.01. The van der Waals surface area contributed by atoms with E-state index in [-0.39, 0.29) is 11.8 Å². The van der Waals surface area contributed by atoms with E-state index >= 15 is 0 Å². The summed E-state index contributed by atoms with van der Waals surface area (Å²) in [5.74, 6) is -0.0113. The topological polar surface area (TPSA) is 66.7 Å². The second-order valence-electron chi connectivity index (χ2n) is 3.68. The van der Waals surface area contributed by atoms with E-state index < -0.39 is 15.3 Å². The van der Waals surface area contributed by atoms with Gasteiger partial charge in [-0.15, -0.1) is 0 Å². The Morgan fingerprint density at radius 2 is 1.86 bits per heavy atom.